The van der Waals surface area contributed by atoms with Crippen LogP contribution < -0.4 is 11.1 Å². The number of fused-ring (bicyclic) bond motifs is 1. The van der Waals surface area contributed by atoms with Gasteiger partial charge < -0.3 is 11.1 Å². The number of nitrogens with zero attached hydrogens (tertiary/aromatic N) is 1. The van der Waals surface area contributed by atoms with Crippen LogP contribution in [0.4, 0.5) is 21.5 Å². The van der Waals surface area contributed by atoms with Gasteiger partial charge in [0.2, 0.25) is 0 Å². The Kier molecular flexibility index (Phi) is 3.16. The Hall–Kier alpha value is -2.33. The Balaban J connectivity index is 2.14. The summed E-state index contributed by atoms with van der Waals surface area (Å²) in [6.45, 7) is 0. The molecule has 2 aromatic carbocycles. The van der Waals surface area contributed by atoms with Gasteiger partial charge in [0.1, 0.15) is 5.82 Å². The molecule has 0 unspecified atom stereocenters. The van der Waals surface area contributed by atoms with E-state index in [1.54, 1.807) is 30.5 Å². The molecule has 0 aliphatic rings. The number of benzene rings is 2. The number of anilines is 3. The minimum Gasteiger partial charge on any atom is -0.397 e. The summed E-state index contributed by atoms with van der Waals surface area (Å²) < 4.78 is 13.8. The molecule has 0 radical (unpaired) electrons. The highest BCUT2D eigenvalue weighted by atomic mass is 35.5. The number of hydrogen-bond donors (Lipinski definition) is 2. The summed E-state index contributed by atoms with van der Waals surface area (Å²) in [5.41, 5.74) is 8.08. The predicted octanol–water partition coefficient (Wildman–Crippen LogP) is 4.35. The molecule has 0 aliphatic carbocycles. The van der Waals surface area contributed by atoms with Crippen molar-refractivity contribution in [3.05, 3.63) is 59.5 Å². The van der Waals surface area contributed by atoms with Crippen LogP contribution in [0.25, 0.3) is 10.9 Å². The number of rotatable bonds is 2. The van der Waals surface area contributed by atoms with Crippen molar-refractivity contribution in [1.29, 1.82) is 0 Å². The number of hydrogen-bond acceptors (Lipinski definition) is 3. The lowest BCUT2D eigenvalue weighted by molar-refractivity contribution is 0.632. The van der Waals surface area contributed by atoms with Crippen molar-refractivity contribution >= 4 is 39.6 Å². The van der Waals surface area contributed by atoms with Crippen molar-refractivity contribution in [2.75, 3.05) is 11.1 Å². The third-order valence-corrected chi connectivity index (χ3v) is 3.34. The van der Waals surface area contributed by atoms with Crippen molar-refractivity contribution in [1.82, 2.24) is 4.98 Å². The molecule has 0 aliphatic heterocycles. The van der Waals surface area contributed by atoms with Crippen LogP contribution in [-0.2, 0) is 0 Å². The van der Waals surface area contributed by atoms with Crippen molar-refractivity contribution in [2.45, 2.75) is 0 Å². The van der Waals surface area contributed by atoms with Crippen molar-refractivity contribution < 1.29 is 4.39 Å². The maximum Gasteiger partial charge on any atom is 0.148 e. The van der Waals surface area contributed by atoms with Gasteiger partial charge in [-0.2, -0.15) is 0 Å². The van der Waals surface area contributed by atoms with Gasteiger partial charge in [-0.15, -0.1) is 0 Å². The van der Waals surface area contributed by atoms with Crippen LogP contribution in [0.3, 0.4) is 0 Å². The van der Waals surface area contributed by atoms with Gasteiger partial charge in [-0.05, 0) is 24.3 Å². The average Bonchev–Trinajstić information content (AvgIpc) is 2.44. The fourth-order valence-corrected chi connectivity index (χ4v) is 2.27. The number of pyridine rings is 1. The number of nitrogens with one attached hydrogen (secondary N) is 1. The van der Waals surface area contributed by atoms with Crippen LogP contribution in [0.15, 0.2) is 48.7 Å². The summed E-state index contributed by atoms with van der Waals surface area (Å²) in [5, 5.41) is 4.14. The largest absolute Gasteiger partial charge is 0.397 e. The molecule has 5 heteroatoms. The summed E-state index contributed by atoms with van der Waals surface area (Å²) in [4.78, 5) is 4.24. The van der Waals surface area contributed by atoms with E-state index in [1.807, 2.05) is 12.1 Å². The minimum atomic E-state index is -0.411. The normalized spacial score (nSPS) is 10.7. The van der Waals surface area contributed by atoms with E-state index in [1.165, 1.54) is 6.07 Å². The first-order chi connectivity index (χ1) is 9.66. The van der Waals surface area contributed by atoms with Crippen LogP contribution in [0.2, 0.25) is 5.02 Å². The van der Waals surface area contributed by atoms with Gasteiger partial charge in [0, 0.05) is 17.3 Å². The Morgan fingerprint density at radius 1 is 1.10 bits per heavy atom. The number of nitrogen functional groups attached to an aromatic ring is 1. The molecule has 1 aromatic heterocycles. The number of aromatic nitrogens is 1. The second-order valence-electron chi connectivity index (χ2n) is 4.32. The van der Waals surface area contributed by atoms with E-state index >= 15 is 0 Å². The standard InChI is InChI=1S/C15H11ClFN3/c16-10-4-2-5-11(17)15(10)20-13-7-8-19-14-9(13)3-1-6-12(14)18/h1-8H,18H2,(H,19,20). The molecular weight excluding hydrogens is 277 g/mol. The van der Waals surface area contributed by atoms with Gasteiger partial charge in [0.15, 0.2) is 0 Å². The van der Waals surface area contributed by atoms with Gasteiger partial charge in [-0.25, -0.2) is 4.39 Å². The van der Waals surface area contributed by atoms with Crippen LogP contribution in [-0.4, -0.2) is 4.98 Å². The first-order valence-electron chi connectivity index (χ1n) is 6.01. The average molecular weight is 288 g/mol. The van der Waals surface area contributed by atoms with E-state index < -0.39 is 5.82 Å². The Morgan fingerprint density at radius 2 is 1.90 bits per heavy atom. The highest BCUT2D eigenvalue weighted by Crippen LogP contribution is 2.32. The summed E-state index contributed by atoms with van der Waals surface area (Å²) in [5.74, 6) is -0.411. The van der Waals surface area contributed by atoms with Crippen molar-refractivity contribution in [2.24, 2.45) is 0 Å². The summed E-state index contributed by atoms with van der Waals surface area (Å²) >= 11 is 6.02. The van der Waals surface area contributed by atoms with E-state index in [4.69, 9.17) is 17.3 Å². The Morgan fingerprint density at radius 3 is 2.70 bits per heavy atom. The zero-order valence-corrected chi connectivity index (χ0v) is 11.2. The summed E-state index contributed by atoms with van der Waals surface area (Å²) in [6.07, 6.45) is 1.62. The SMILES string of the molecule is Nc1cccc2c(Nc3c(F)cccc3Cl)ccnc12. The zero-order valence-electron chi connectivity index (χ0n) is 10.4. The third kappa shape index (κ3) is 2.14. The molecular formula is C15H11ClFN3. The highest BCUT2D eigenvalue weighted by Gasteiger charge is 2.10. The summed E-state index contributed by atoms with van der Waals surface area (Å²) in [7, 11) is 0. The predicted molar refractivity (Wildman–Crippen MR) is 80.8 cm³/mol. The monoisotopic (exact) mass is 287 g/mol. The molecule has 0 spiro atoms. The van der Waals surface area contributed by atoms with Gasteiger partial charge in [-0.1, -0.05) is 29.8 Å². The molecule has 3 nitrogen and oxygen atoms in total. The number of nitrogens with two attached hydrogens (primary N) is 1. The lowest BCUT2D eigenvalue weighted by atomic mass is 10.1. The molecule has 0 amide bonds. The molecule has 0 bridgehead atoms. The van der Waals surface area contributed by atoms with Crippen molar-refractivity contribution in [3.8, 4) is 0 Å². The first-order valence-corrected chi connectivity index (χ1v) is 6.39. The number of para-hydroxylation sites is 2. The van der Waals surface area contributed by atoms with E-state index in [0.29, 0.717) is 21.9 Å². The molecule has 3 N–H and O–H groups in total. The Labute approximate surface area is 120 Å². The highest BCUT2D eigenvalue weighted by molar-refractivity contribution is 6.33. The lowest BCUT2D eigenvalue weighted by Crippen LogP contribution is -1.97. The lowest BCUT2D eigenvalue weighted by Gasteiger charge is -2.12. The molecule has 20 heavy (non-hydrogen) atoms. The molecule has 0 saturated carbocycles. The van der Waals surface area contributed by atoms with Crippen LogP contribution >= 0.6 is 11.6 Å². The second-order valence-corrected chi connectivity index (χ2v) is 4.73. The molecule has 0 saturated heterocycles. The summed E-state index contributed by atoms with van der Waals surface area (Å²) in [6, 6.07) is 11.8. The fraction of sp³-hybridized carbons (Fsp3) is 0. The molecule has 100 valence electrons. The van der Waals surface area contributed by atoms with Gasteiger partial charge >= 0.3 is 0 Å². The zero-order chi connectivity index (χ0) is 14.1. The molecule has 3 rings (SSSR count). The number of halogens is 2. The topological polar surface area (TPSA) is 50.9 Å². The third-order valence-electron chi connectivity index (χ3n) is 3.02. The molecule has 0 fully saturated rings. The van der Waals surface area contributed by atoms with Gasteiger partial charge in [-0.3, -0.25) is 4.98 Å². The second kappa shape index (κ2) is 4.98. The quantitative estimate of drug-likeness (QED) is 0.689. The Bertz CT molecular complexity index is 769. The molecule has 1 heterocycles. The van der Waals surface area contributed by atoms with E-state index in [9.17, 15) is 4.39 Å². The molecule has 3 aromatic rings. The smallest absolute Gasteiger partial charge is 0.148 e. The van der Waals surface area contributed by atoms with E-state index in [0.717, 1.165) is 5.39 Å². The maximum atomic E-state index is 13.8. The van der Waals surface area contributed by atoms with E-state index in [2.05, 4.69) is 10.3 Å². The van der Waals surface area contributed by atoms with Crippen LogP contribution in [0.1, 0.15) is 0 Å². The first kappa shape index (κ1) is 12.7. The van der Waals surface area contributed by atoms with Crippen LogP contribution in [0.5, 0.6) is 0 Å². The van der Waals surface area contributed by atoms with Gasteiger partial charge in [0.05, 0.1) is 21.9 Å². The van der Waals surface area contributed by atoms with Crippen molar-refractivity contribution in [3.63, 3.8) is 0 Å². The maximum absolute atomic E-state index is 13.8. The minimum absolute atomic E-state index is 0.240. The molecule has 0 atom stereocenters. The van der Waals surface area contributed by atoms with Gasteiger partial charge in [0.25, 0.3) is 0 Å². The van der Waals surface area contributed by atoms with Crippen LogP contribution in [0, 0.1) is 5.82 Å². The van der Waals surface area contributed by atoms with E-state index in [-0.39, 0.29) is 5.69 Å². The fourth-order valence-electron chi connectivity index (χ4n) is 2.06.